The van der Waals surface area contributed by atoms with Crippen molar-refractivity contribution in [2.75, 3.05) is 7.11 Å². The Morgan fingerprint density at radius 1 is 1.25 bits per heavy atom. The zero-order valence-electron chi connectivity index (χ0n) is 9.28. The number of rotatable bonds is 3. The molecule has 0 bridgehead atoms. The smallest absolute Gasteiger partial charge is 0.209 e. The van der Waals surface area contributed by atoms with Crippen LogP contribution >= 0.6 is 0 Å². The lowest BCUT2D eigenvalue weighted by Gasteiger charge is -2.01. The second-order valence-corrected chi connectivity index (χ2v) is 3.65. The van der Waals surface area contributed by atoms with Crippen molar-refractivity contribution < 1.29 is 9.53 Å². The molecule has 0 unspecified atom stereocenters. The minimum absolute atomic E-state index is 0.00393. The molecule has 0 amide bonds. The molecule has 0 radical (unpaired) electrons. The van der Waals surface area contributed by atoms with Gasteiger partial charge in [-0.2, -0.15) is 0 Å². The molecule has 82 valence electrons. The van der Waals surface area contributed by atoms with Crippen LogP contribution in [0.5, 0.6) is 5.75 Å². The third-order valence-corrected chi connectivity index (χ3v) is 2.42. The highest BCUT2D eigenvalue weighted by molar-refractivity contribution is 6.07. The molecule has 1 aromatic heterocycles. The van der Waals surface area contributed by atoms with E-state index in [4.69, 9.17) is 4.74 Å². The van der Waals surface area contributed by atoms with Crippen LogP contribution in [-0.2, 0) is 0 Å². The highest BCUT2D eigenvalue weighted by atomic mass is 16.5. The lowest BCUT2D eigenvalue weighted by Crippen LogP contribution is -2.01. The van der Waals surface area contributed by atoms with E-state index in [1.807, 2.05) is 19.2 Å². The van der Waals surface area contributed by atoms with Crippen molar-refractivity contribution in [1.82, 2.24) is 4.98 Å². The molecule has 0 saturated heterocycles. The lowest BCUT2D eigenvalue weighted by atomic mass is 10.1. The Morgan fingerprint density at radius 3 is 2.44 bits per heavy atom. The maximum Gasteiger partial charge on any atom is 0.209 e. The van der Waals surface area contributed by atoms with Gasteiger partial charge in [0.2, 0.25) is 5.78 Å². The molecule has 2 aromatic rings. The molecule has 0 aliphatic rings. The minimum atomic E-state index is -0.00393. The maximum atomic E-state index is 12.0. The van der Waals surface area contributed by atoms with Gasteiger partial charge in [-0.1, -0.05) is 0 Å². The summed E-state index contributed by atoms with van der Waals surface area (Å²) in [6.45, 7) is 1.95. The van der Waals surface area contributed by atoms with Gasteiger partial charge in [0.05, 0.1) is 12.8 Å². The standard InChI is InChI=1S/C13H13NO2/c1-9-7-12(14-8-9)13(15)10-3-5-11(16-2)6-4-10/h3-8,14H,1-2H3. The second-order valence-electron chi connectivity index (χ2n) is 3.65. The molecule has 0 aliphatic carbocycles. The highest BCUT2D eigenvalue weighted by Gasteiger charge is 2.10. The van der Waals surface area contributed by atoms with E-state index in [0.717, 1.165) is 11.3 Å². The zero-order chi connectivity index (χ0) is 11.5. The molecular formula is C13H13NO2. The van der Waals surface area contributed by atoms with Crippen LogP contribution in [0.1, 0.15) is 21.6 Å². The summed E-state index contributed by atoms with van der Waals surface area (Å²) < 4.78 is 5.04. The van der Waals surface area contributed by atoms with E-state index in [9.17, 15) is 4.79 Å². The van der Waals surface area contributed by atoms with Gasteiger partial charge in [0.25, 0.3) is 0 Å². The van der Waals surface area contributed by atoms with Gasteiger partial charge in [-0.05, 0) is 42.8 Å². The van der Waals surface area contributed by atoms with Crippen molar-refractivity contribution in [3.05, 3.63) is 53.3 Å². The third-order valence-electron chi connectivity index (χ3n) is 2.42. The zero-order valence-corrected chi connectivity index (χ0v) is 9.28. The molecule has 16 heavy (non-hydrogen) atoms. The SMILES string of the molecule is COc1ccc(C(=O)c2cc(C)c[nH]2)cc1. The second kappa shape index (κ2) is 4.23. The van der Waals surface area contributed by atoms with Crippen LogP contribution in [0.25, 0.3) is 0 Å². The van der Waals surface area contributed by atoms with Gasteiger partial charge < -0.3 is 9.72 Å². The van der Waals surface area contributed by atoms with E-state index in [2.05, 4.69) is 4.98 Å². The van der Waals surface area contributed by atoms with Gasteiger partial charge >= 0.3 is 0 Å². The van der Waals surface area contributed by atoms with E-state index in [-0.39, 0.29) is 5.78 Å². The Bertz CT molecular complexity index is 497. The average Bonchev–Trinajstić information content (AvgIpc) is 2.75. The molecule has 0 atom stereocenters. The van der Waals surface area contributed by atoms with E-state index in [1.54, 1.807) is 31.4 Å². The molecule has 0 spiro atoms. The summed E-state index contributed by atoms with van der Waals surface area (Å²) in [6.07, 6.45) is 1.82. The maximum absolute atomic E-state index is 12.0. The van der Waals surface area contributed by atoms with Gasteiger partial charge in [0, 0.05) is 11.8 Å². The van der Waals surface area contributed by atoms with Crippen LogP contribution in [0.4, 0.5) is 0 Å². The van der Waals surface area contributed by atoms with Crippen LogP contribution in [0.15, 0.2) is 36.5 Å². The quantitative estimate of drug-likeness (QED) is 0.799. The molecule has 0 aliphatic heterocycles. The number of aryl methyl sites for hydroxylation is 1. The van der Waals surface area contributed by atoms with Crippen molar-refractivity contribution >= 4 is 5.78 Å². The van der Waals surface area contributed by atoms with Crippen LogP contribution in [0, 0.1) is 6.92 Å². The molecule has 3 heteroatoms. The highest BCUT2D eigenvalue weighted by Crippen LogP contribution is 2.14. The van der Waals surface area contributed by atoms with Crippen LogP contribution in [0.2, 0.25) is 0 Å². The number of carbonyl (C=O) groups excluding carboxylic acids is 1. The Labute approximate surface area is 94.1 Å². The minimum Gasteiger partial charge on any atom is -0.497 e. The van der Waals surface area contributed by atoms with Gasteiger partial charge in [-0.3, -0.25) is 4.79 Å². The number of nitrogens with one attached hydrogen (secondary N) is 1. The van der Waals surface area contributed by atoms with Crippen LogP contribution < -0.4 is 4.74 Å². The molecule has 0 fully saturated rings. The first-order valence-electron chi connectivity index (χ1n) is 5.04. The van der Waals surface area contributed by atoms with Crippen LogP contribution in [0.3, 0.4) is 0 Å². The molecule has 0 saturated carbocycles. The summed E-state index contributed by atoms with van der Waals surface area (Å²) in [4.78, 5) is 14.9. The predicted molar refractivity (Wildman–Crippen MR) is 62.0 cm³/mol. The number of carbonyl (C=O) groups is 1. The van der Waals surface area contributed by atoms with Gasteiger partial charge in [0.15, 0.2) is 0 Å². The largest absolute Gasteiger partial charge is 0.497 e. The number of H-pyrrole nitrogens is 1. The molecule has 1 aromatic carbocycles. The third kappa shape index (κ3) is 1.98. The van der Waals surface area contributed by atoms with E-state index >= 15 is 0 Å². The summed E-state index contributed by atoms with van der Waals surface area (Å²) in [6, 6.07) is 8.92. The van der Waals surface area contributed by atoms with Gasteiger partial charge in [-0.25, -0.2) is 0 Å². The van der Waals surface area contributed by atoms with Crippen molar-refractivity contribution in [3.8, 4) is 5.75 Å². The van der Waals surface area contributed by atoms with Gasteiger partial charge in [0.1, 0.15) is 5.75 Å². The molecular weight excluding hydrogens is 202 g/mol. The number of ketones is 1. The Hall–Kier alpha value is -2.03. The first kappa shape index (κ1) is 10.5. The average molecular weight is 215 g/mol. The fourth-order valence-corrected chi connectivity index (χ4v) is 1.53. The summed E-state index contributed by atoms with van der Waals surface area (Å²) in [7, 11) is 1.60. The number of aromatic nitrogens is 1. The summed E-state index contributed by atoms with van der Waals surface area (Å²) in [5.74, 6) is 0.745. The van der Waals surface area contributed by atoms with Gasteiger partial charge in [-0.15, -0.1) is 0 Å². The predicted octanol–water partition coefficient (Wildman–Crippen LogP) is 2.56. The molecule has 1 heterocycles. The summed E-state index contributed by atoms with van der Waals surface area (Å²) >= 11 is 0. The normalized spacial score (nSPS) is 10.1. The molecule has 3 nitrogen and oxygen atoms in total. The lowest BCUT2D eigenvalue weighted by molar-refractivity contribution is 0.103. The fraction of sp³-hybridized carbons (Fsp3) is 0.154. The van der Waals surface area contributed by atoms with Crippen molar-refractivity contribution in [2.45, 2.75) is 6.92 Å². The number of hydrogen-bond acceptors (Lipinski definition) is 2. The number of benzene rings is 1. The Balaban J connectivity index is 2.27. The number of methoxy groups -OCH3 is 1. The number of ether oxygens (including phenoxy) is 1. The summed E-state index contributed by atoms with van der Waals surface area (Å²) in [5, 5.41) is 0. The van der Waals surface area contributed by atoms with Crippen LogP contribution in [-0.4, -0.2) is 17.9 Å². The molecule has 1 N–H and O–H groups in total. The fourth-order valence-electron chi connectivity index (χ4n) is 1.53. The summed E-state index contributed by atoms with van der Waals surface area (Å²) in [5.41, 5.74) is 2.32. The molecule has 2 rings (SSSR count). The topological polar surface area (TPSA) is 42.1 Å². The van der Waals surface area contributed by atoms with Crippen molar-refractivity contribution in [3.63, 3.8) is 0 Å². The van der Waals surface area contributed by atoms with E-state index in [0.29, 0.717) is 11.3 Å². The Morgan fingerprint density at radius 2 is 1.94 bits per heavy atom. The van der Waals surface area contributed by atoms with E-state index in [1.165, 1.54) is 0 Å². The van der Waals surface area contributed by atoms with Crippen molar-refractivity contribution in [1.29, 1.82) is 0 Å². The number of aromatic amines is 1. The number of hydrogen-bond donors (Lipinski definition) is 1. The first-order chi connectivity index (χ1) is 7.70. The Kier molecular flexibility index (Phi) is 2.77. The first-order valence-corrected chi connectivity index (χ1v) is 5.04. The van der Waals surface area contributed by atoms with E-state index < -0.39 is 0 Å². The monoisotopic (exact) mass is 215 g/mol. The van der Waals surface area contributed by atoms with Crippen molar-refractivity contribution in [2.24, 2.45) is 0 Å².